The van der Waals surface area contributed by atoms with Crippen LogP contribution in [0.4, 0.5) is 0 Å². The van der Waals surface area contributed by atoms with E-state index in [9.17, 15) is 8.42 Å². The topological polar surface area (TPSA) is 46.2 Å². The van der Waals surface area contributed by atoms with Crippen LogP contribution in [-0.2, 0) is 9.84 Å². The van der Waals surface area contributed by atoms with E-state index in [-0.39, 0.29) is 5.25 Å². The molecule has 0 bridgehead atoms. The van der Waals surface area contributed by atoms with E-state index in [0.29, 0.717) is 17.6 Å². The third-order valence-corrected chi connectivity index (χ3v) is 6.60. The zero-order valence-corrected chi connectivity index (χ0v) is 13.1. The Morgan fingerprint density at radius 1 is 1.22 bits per heavy atom. The van der Waals surface area contributed by atoms with Gasteiger partial charge in [-0.25, -0.2) is 8.42 Å². The average Bonchev–Trinajstić information content (AvgIpc) is 2.29. The first-order valence-corrected chi connectivity index (χ1v) is 8.94. The Labute approximate surface area is 113 Å². The van der Waals surface area contributed by atoms with Crippen LogP contribution < -0.4 is 5.32 Å². The zero-order chi connectivity index (χ0) is 13.8. The van der Waals surface area contributed by atoms with Crippen molar-refractivity contribution in [2.45, 2.75) is 51.7 Å². The van der Waals surface area contributed by atoms with Crippen LogP contribution in [-0.4, -0.2) is 33.0 Å². The molecule has 0 aromatic rings. The van der Waals surface area contributed by atoms with E-state index in [0.717, 1.165) is 18.9 Å². The molecular formula is C14H29NO2S. The van der Waals surface area contributed by atoms with Gasteiger partial charge in [-0.2, -0.15) is 0 Å². The summed E-state index contributed by atoms with van der Waals surface area (Å²) in [6, 6.07) is 0. The fourth-order valence-corrected chi connectivity index (χ4v) is 4.10. The average molecular weight is 275 g/mol. The highest BCUT2D eigenvalue weighted by Gasteiger charge is 2.29. The van der Waals surface area contributed by atoms with Gasteiger partial charge >= 0.3 is 0 Å². The Bertz CT molecular complexity index is 338. The number of sulfone groups is 1. The summed E-state index contributed by atoms with van der Waals surface area (Å²) in [4.78, 5) is 0. The largest absolute Gasteiger partial charge is 0.319 e. The van der Waals surface area contributed by atoms with E-state index in [1.54, 1.807) is 13.8 Å². The fraction of sp³-hybridized carbons (Fsp3) is 1.00. The SMILES string of the molecule is CNCC1CCC(C)CC1CCS(=O)(=O)C(C)C. The molecule has 0 aliphatic heterocycles. The molecule has 1 rings (SSSR count). The Balaban J connectivity index is 2.56. The van der Waals surface area contributed by atoms with E-state index in [2.05, 4.69) is 12.2 Å². The van der Waals surface area contributed by atoms with Gasteiger partial charge < -0.3 is 5.32 Å². The zero-order valence-electron chi connectivity index (χ0n) is 12.3. The van der Waals surface area contributed by atoms with Crippen LogP contribution in [0.25, 0.3) is 0 Å². The highest BCUT2D eigenvalue weighted by atomic mass is 32.2. The summed E-state index contributed by atoms with van der Waals surface area (Å²) in [6.07, 6.45) is 4.57. The second-order valence-corrected chi connectivity index (χ2v) is 8.88. The van der Waals surface area contributed by atoms with Crippen LogP contribution in [0.1, 0.15) is 46.5 Å². The maximum Gasteiger partial charge on any atom is 0.152 e. The number of rotatable bonds is 6. The molecule has 108 valence electrons. The number of hydrogen-bond donors (Lipinski definition) is 1. The first kappa shape index (κ1) is 16.0. The molecule has 3 atom stereocenters. The van der Waals surface area contributed by atoms with Crippen molar-refractivity contribution < 1.29 is 8.42 Å². The predicted molar refractivity (Wildman–Crippen MR) is 77.5 cm³/mol. The normalized spacial score (nSPS) is 29.7. The summed E-state index contributed by atoms with van der Waals surface area (Å²) in [5.74, 6) is 2.36. The standard InChI is InChI=1S/C14H29NO2S/c1-11(2)18(16,17)8-7-13-9-12(3)5-6-14(13)10-15-4/h11-15H,5-10H2,1-4H3. The van der Waals surface area contributed by atoms with Gasteiger partial charge in [-0.05, 0) is 64.5 Å². The second-order valence-electron chi connectivity index (χ2n) is 6.20. The van der Waals surface area contributed by atoms with Crippen molar-refractivity contribution in [2.75, 3.05) is 19.3 Å². The third-order valence-electron chi connectivity index (χ3n) is 4.36. The first-order valence-electron chi connectivity index (χ1n) is 7.23. The van der Waals surface area contributed by atoms with E-state index in [1.165, 1.54) is 19.3 Å². The minimum absolute atomic E-state index is 0.235. The first-order chi connectivity index (χ1) is 8.36. The summed E-state index contributed by atoms with van der Waals surface area (Å²) in [5.41, 5.74) is 0. The Hall–Kier alpha value is -0.0900. The molecule has 1 saturated carbocycles. The number of hydrogen-bond acceptors (Lipinski definition) is 3. The Kier molecular flexibility index (Phi) is 6.12. The monoisotopic (exact) mass is 275 g/mol. The van der Waals surface area contributed by atoms with E-state index < -0.39 is 9.84 Å². The lowest BCUT2D eigenvalue weighted by atomic mass is 9.73. The molecule has 0 amide bonds. The van der Waals surface area contributed by atoms with Crippen molar-refractivity contribution in [2.24, 2.45) is 17.8 Å². The van der Waals surface area contributed by atoms with Crippen molar-refractivity contribution in [3.63, 3.8) is 0 Å². The smallest absolute Gasteiger partial charge is 0.152 e. The minimum Gasteiger partial charge on any atom is -0.319 e. The van der Waals surface area contributed by atoms with E-state index in [1.807, 2.05) is 7.05 Å². The van der Waals surface area contributed by atoms with Crippen molar-refractivity contribution in [3.8, 4) is 0 Å². The molecule has 3 nitrogen and oxygen atoms in total. The third kappa shape index (κ3) is 4.54. The molecular weight excluding hydrogens is 246 g/mol. The summed E-state index contributed by atoms with van der Waals surface area (Å²) >= 11 is 0. The van der Waals surface area contributed by atoms with Gasteiger partial charge in [-0.1, -0.05) is 13.3 Å². The second kappa shape index (κ2) is 6.90. The lowest BCUT2D eigenvalue weighted by Gasteiger charge is -2.35. The molecule has 0 saturated heterocycles. The summed E-state index contributed by atoms with van der Waals surface area (Å²) in [7, 11) is -0.888. The lowest BCUT2D eigenvalue weighted by molar-refractivity contribution is 0.183. The molecule has 1 N–H and O–H groups in total. The molecule has 0 radical (unpaired) electrons. The molecule has 1 aliphatic carbocycles. The highest BCUT2D eigenvalue weighted by Crippen LogP contribution is 2.35. The molecule has 1 aliphatic rings. The molecule has 3 unspecified atom stereocenters. The summed E-state index contributed by atoms with van der Waals surface area (Å²) in [6.45, 7) is 6.88. The maximum absolute atomic E-state index is 11.9. The Morgan fingerprint density at radius 3 is 2.44 bits per heavy atom. The van der Waals surface area contributed by atoms with Gasteiger partial charge in [0.15, 0.2) is 9.84 Å². The van der Waals surface area contributed by atoms with Gasteiger partial charge in [0.25, 0.3) is 0 Å². The van der Waals surface area contributed by atoms with Gasteiger partial charge in [0, 0.05) is 0 Å². The molecule has 0 aromatic carbocycles. The minimum atomic E-state index is -2.87. The van der Waals surface area contributed by atoms with E-state index in [4.69, 9.17) is 0 Å². The molecule has 4 heteroatoms. The van der Waals surface area contributed by atoms with Crippen molar-refractivity contribution in [3.05, 3.63) is 0 Å². The van der Waals surface area contributed by atoms with Gasteiger partial charge in [0.2, 0.25) is 0 Å². The summed E-state index contributed by atoms with van der Waals surface area (Å²) in [5, 5.41) is 3.02. The lowest BCUT2D eigenvalue weighted by Crippen LogP contribution is -2.33. The van der Waals surface area contributed by atoms with Crippen molar-refractivity contribution in [1.29, 1.82) is 0 Å². The van der Waals surface area contributed by atoms with Crippen LogP contribution in [0.15, 0.2) is 0 Å². The van der Waals surface area contributed by atoms with Gasteiger partial charge in [0.05, 0.1) is 11.0 Å². The van der Waals surface area contributed by atoms with Crippen LogP contribution in [0.3, 0.4) is 0 Å². The summed E-state index contributed by atoms with van der Waals surface area (Å²) < 4.78 is 23.8. The van der Waals surface area contributed by atoms with Crippen LogP contribution >= 0.6 is 0 Å². The molecule has 0 aromatic heterocycles. The fourth-order valence-electron chi connectivity index (χ4n) is 3.00. The number of nitrogens with one attached hydrogen (secondary N) is 1. The molecule has 18 heavy (non-hydrogen) atoms. The molecule has 1 fully saturated rings. The van der Waals surface area contributed by atoms with Crippen molar-refractivity contribution in [1.82, 2.24) is 5.32 Å². The molecule has 0 spiro atoms. The predicted octanol–water partition coefficient (Wildman–Crippen LogP) is 2.47. The highest BCUT2D eigenvalue weighted by molar-refractivity contribution is 7.91. The van der Waals surface area contributed by atoms with Gasteiger partial charge in [-0.3, -0.25) is 0 Å². The van der Waals surface area contributed by atoms with Crippen molar-refractivity contribution >= 4 is 9.84 Å². The maximum atomic E-state index is 11.9. The van der Waals surface area contributed by atoms with Crippen LogP contribution in [0.5, 0.6) is 0 Å². The quantitative estimate of drug-likeness (QED) is 0.810. The van der Waals surface area contributed by atoms with E-state index >= 15 is 0 Å². The molecule has 0 heterocycles. The van der Waals surface area contributed by atoms with Crippen LogP contribution in [0, 0.1) is 17.8 Å². The van der Waals surface area contributed by atoms with Gasteiger partial charge in [-0.15, -0.1) is 0 Å². The Morgan fingerprint density at radius 2 is 1.89 bits per heavy atom. The van der Waals surface area contributed by atoms with Gasteiger partial charge in [0.1, 0.15) is 0 Å². The van der Waals surface area contributed by atoms with Crippen LogP contribution in [0.2, 0.25) is 0 Å².